The van der Waals surface area contributed by atoms with E-state index in [-0.39, 0.29) is 29.7 Å². The zero-order chi connectivity index (χ0) is 21.6. The van der Waals surface area contributed by atoms with E-state index in [1.807, 2.05) is 12.1 Å². The molecular weight excluding hydrogens is 394 g/mol. The maximum absolute atomic E-state index is 12.9. The van der Waals surface area contributed by atoms with Gasteiger partial charge in [-0.05, 0) is 49.9 Å². The van der Waals surface area contributed by atoms with Gasteiger partial charge < -0.3 is 20.0 Å². The molecule has 2 aliphatic rings. The maximum Gasteiger partial charge on any atom is 0.289 e. The van der Waals surface area contributed by atoms with Crippen molar-refractivity contribution in [3.8, 4) is 0 Å². The van der Waals surface area contributed by atoms with Crippen molar-refractivity contribution in [2.24, 2.45) is 5.92 Å². The number of para-hydroxylation sites is 1. The SMILES string of the molecule is O=C(NC1CCCCC1)c1ccccc1NC(=O)C1CCN(C(=O)c2ccco2)CC1. The highest BCUT2D eigenvalue weighted by Gasteiger charge is 2.29. The van der Waals surface area contributed by atoms with Crippen LogP contribution in [0.4, 0.5) is 5.69 Å². The van der Waals surface area contributed by atoms with Gasteiger partial charge in [0.25, 0.3) is 11.8 Å². The van der Waals surface area contributed by atoms with Crippen LogP contribution in [0.3, 0.4) is 0 Å². The third-order valence-corrected chi connectivity index (χ3v) is 6.25. The van der Waals surface area contributed by atoms with Gasteiger partial charge in [-0.15, -0.1) is 0 Å². The Kier molecular flexibility index (Phi) is 6.70. The van der Waals surface area contributed by atoms with Crippen molar-refractivity contribution in [3.05, 3.63) is 54.0 Å². The van der Waals surface area contributed by atoms with Crippen LogP contribution in [0.5, 0.6) is 0 Å². The van der Waals surface area contributed by atoms with Crippen molar-refractivity contribution in [2.45, 2.75) is 51.0 Å². The number of furan rings is 1. The van der Waals surface area contributed by atoms with E-state index in [4.69, 9.17) is 4.42 Å². The van der Waals surface area contributed by atoms with Crippen LogP contribution in [0.1, 0.15) is 65.9 Å². The summed E-state index contributed by atoms with van der Waals surface area (Å²) in [5, 5.41) is 6.06. The predicted molar refractivity (Wildman–Crippen MR) is 117 cm³/mol. The van der Waals surface area contributed by atoms with Crippen molar-refractivity contribution < 1.29 is 18.8 Å². The molecule has 2 fully saturated rings. The van der Waals surface area contributed by atoms with E-state index in [1.165, 1.54) is 12.7 Å². The van der Waals surface area contributed by atoms with Crippen LogP contribution in [-0.2, 0) is 4.79 Å². The summed E-state index contributed by atoms with van der Waals surface area (Å²) in [5.41, 5.74) is 1.03. The molecule has 1 saturated carbocycles. The number of piperidine rings is 1. The lowest BCUT2D eigenvalue weighted by Crippen LogP contribution is -2.41. The van der Waals surface area contributed by atoms with Crippen LogP contribution < -0.4 is 10.6 Å². The Morgan fingerprint density at radius 2 is 1.65 bits per heavy atom. The Morgan fingerprint density at radius 3 is 2.35 bits per heavy atom. The van der Waals surface area contributed by atoms with Crippen LogP contribution in [0.25, 0.3) is 0 Å². The Balaban J connectivity index is 1.34. The lowest BCUT2D eigenvalue weighted by Gasteiger charge is -2.31. The third kappa shape index (κ3) is 5.16. The second-order valence-electron chi connectivity index (χ2n) is 8.39. The maximum atomic E-state index is 12.9. The van der Waals surface area contributed by atoms with Crippen molar-refractivity contribution in [2.75, 3.05) is 18.4 Å². The quantitative estimate of drug-likeness (QED) is 0.765. The second-order valence-corrected chi connectivity index (χ2v) is 8.39. The molecule has 1 aromatic carbocycles. The first-order valence-electron chi connectivity index (χ1n) is 11.2. The Hall–Kier alpha value is -3.09. The van der Waals surface area contributed by atoms with Gasteiger partial charge in [-0.3, -0.25) is 14.4 Å². The zero-order valence-corrected chi connectivity index (χ0v) is 17.6. The summed E-state index contributed by atoms with van der Waals surface area (Å²) < 4.78 is 5.18. The van der Waals surface area contributed by atoms with Gasteiger partial charge in [0.15, 0.2) is 5.76 Å². The van der Waals surface area contributed by atoms with Crippen molar-refractivity contribution in [3.63, 3.8) is 0 Å². The average molecular weight is 424 g/mol. The molecule has 0 radical (unpaired) electrons. The first-order chi connectivity index (χ1) is 15.1. The summed E-state index contributed by atoms with van der Waals surface area (Å²) in [6.45, 7) is 1.00. The summed E-state index contributed by atoms with van der Waals surface area (Å²) in [7, 11) is 0. The largest absolute Gasteiger partial charge is 0.459 e. The number of benzene rings is 1. The molecular formula is C24H29N3O4. The number of nitrogens with zero attached hydrogens (tertiary/aromatic N) is 1. The highest BCUT2D eigenvalue weighted by Crippen LogP contribution is 2.24. The standard InChI is InChI=1S/C24H29N3O4/c28-22(17-12-14-27(15-13-17)24(30)21-11-6-16-31-21)26-20-10-5-4-9-19(20)23(29)25-18-7-2-1-3-8-18/h4-6,9-11,16-18H,1-3,7-8,12-15H2,(H,25,29)(H,26,28). The van der Waals surface area contributed by atoms with Crippen molar-refractivity contribution in [1.82, 2.24) is 10.2 Å². The molecule has 2 heterocycles. The molecule has 0 spiro atoms. The molecule has 4 rings (SSSR count). The van der Waals surface area contributed by atoms with E-state index in [1.54, 1.807) is 29.2 Å². The molecule has 0 bridgehead atoms. The van der Waals surface area contributed by atoms with Gasteiger partial charge in [0, 0.05) is 25.0 Å². The number of rotatable bonds is 5. The Labute approximate surface area is 182 Å². The van der Waals surface area contributed by atoms with Crippen LogP contribution >= 0.6 is 0 Å². The van der Waals surface area contributed by atoms with Gasteiger partial charge in [0.1, 0.15) is 0 Å². The summed E-state index contributed by atoms with van der Waals surface area (Å²) in [5.74, 6) is -0.269. The van der Waals surface area contributed by atoms with Crippen LogP contribution in [-0.4, -0.2) is 41.8 Å². The lowest BCUT2D eigenvalue weighted by atomic mass is 9.94. The van der Waals surface area contributed by atoms with Crippen LogP contribution in [0.15, 0.2) is 47.1 Å². The molecule has 1 aromatic heterocycles. The topological polar surface area (TPSA) is 91.7 Å². The van der Waals surface area contributed by atoms with E-state index in [0.717, 1.165) is 25.7 Å². The number of nitrogens with one attached hydrogen (secondary N) is 2. The normalized spacial score (nSPS) is 17.9. The fraction of sp³-hybridized carbons (Fsp3) is 0.458. The summed E-state index contributed by atoms with van der Waals surface area (Å²) in [6.07, 6.45) is 8.17. The number of carbonyl (C=O) groups excluding carboxylic acids is 3. The summed E-state index contributed by atoms with van der Waals surface area (Å²) in [4.78, 5) is 39.8. The van der Waals surface area contributed by atoms with E-state index >= 15 is 0 Å². The second kappa shape index (κ2) is 9.81. The van der Waals surface area contributed by atoms with Gasteiger partial charge in [-0.2, -0.15) is 0 Å². The van der Waals surface area contributed by atoms with E-state index in [9.17, 15) is 14.4 Å². The fourth-order valence-electron chi connectivity index (χ4n) is 4.44. The van der Waals surface area contributed by atoms with Gasteiger partial charge in [-0.1, -0.05) is 31.4 Å². The van der Waals surface area contributed by atoms with Gasteiger partial charge in [-0.25, -0.2) is 0 Å². The number of hydrogen-bond donors (Lipinski definition) is 2. The molecule has 1 saturated heterocycles. The number of likely N-dealkylation sites (tertiary alicyclic amines) is 1. The van der Waals surface area contributed by atoms with Crippen LogP contribution in [0, 0.1) is 5.92 Å². The first kappa shape index (κ1) is 21.2. The molecule has 7 nitrogen and oxygen atoms in total. The van der Waals surface area contributed by atoms with Gasteiger partial charge in [0.05, 0.1) is 17.5 Å². The number of carbonyl (C=O) groups is 3. The minimum atomic E-state index is -0.199. The Morgan fingerprint density at radius 1 is 0.903 bits per heavy atom. The smallest absolute Gasteiger partial charge is 0.289 e. The van der Waals surface area contributed by atoms with Crippen molar-refractivity contribution in [1.29, 1.82) is 0 Å². The Bertz CT molecular complexity index is 911. The molecule has 2 N–H and O–H groups in total. The highest BCUT2D eigenvalue weighted by molar-refractivity contribution is 6.04. The zero-order valence-electron chi connectivity index (χ0n) is 17.6. The van der Waals surface area contributed by atoms with Crippen LogP contribution in [0.2, 0.25) is 0 Å². The molecule has 1 aliphatic carbocycles. The van der Waals surface area contributed by atoms with Gasteiger partial charge in [0.2, 0.25) is 5.91 Å². The third-order valence-electron chi connectivity index (χ3n) is 6.25. The summed E-state index contributed by atoms with van der Waals surface area (Å²) >= 11 is 0. The molecule has 31 heavy (non-hydrogen) atoms. The van der Waals surface area contributed by atoms with Crippen molar-refractivity contribution >= 4 is 23.4 Å². The highest BCUT2D eigenvalue weighted by atomic mass is 16.3. The fourth-order valence-corrected chi connectivity index (χ4v) is 4.44. The molecule has 3 amide bonds. The molecule has 7 heteroatoms. The average Bonchev–Trinajstić information content (AvgIpc) is 3.35. The molecule has 0 atom stereocenters. The minimum Gasteiger partial charge on any atom is -0.459 e. The van der Waals surface area contributed by atoms with Gasteiger partial charge >= 0.3 is 0 Å². The minimum absolute atomic E-state index is 0.108. The number of hydrogen-bond acceptors (Lipinski definition) is 4. The number of amides is 3. The monoisotopic (exact) mass is 423 g/mol. The number of anilines is 1. The molecule has 2 aromatic rings. The molecule has 164 valence electrons. The van der Waals surface area contributed by atoms with E-state index < -0.39 is 0 Å². The predicted octanol–water partition coefficient (Wildman–Crippen LogP) is 3.83. The first-order valence-corrected chi connectivity index (χ1v) is 11.2. The summed E-state index contributed by atoms with van der Waals surface area (Å²) in [6, 6.07) is 10.7. The molecule has 0 unspecified atom stereocenters. The van der Waals surface area contributed by atoms with E-state index in [2.05, 4.69) is 10.6 Å². The molecule has 1 aliphatic heterocycles. The lowest BCUT2D eigenvalue weighted by molar-refractivity contribution is -0.121. The van der Waals surface area contributed by atoms with E-state index in [0.29, 0.717) is 42.9 Å².